The monoisotopic (exact) mass is 213 g/mol. The first-order valence-corrected chi connectivity index (χ1v) is 5.53. The van der Waals surface area contributed by atoms with Crippen molar-refractivity contribution in [2.75, 3.05) is 0 Å². The molecule has 78 valence electrons. The van der Waals surface area contributed by atoms with Gasteiger partial charge in [0, 0.05) is 12.6 Å². The van der Waals surface area contributed by atoms with Crippen molar-refractivity contribution in [1.82, 2.24) is 5.32 Å². The molecule has 14 heavy (non-hydrogen) atoms. The Hall–Kier alpha value is -0.870. The summed E-state index contributed by atoms with van der Waals surface area (Å²) in [5, 5.41) is 16.0. The molecule has 1 aromatic rings. The van der Waals surface area contributed by atoms with Crippen LogP contribution < -0.4 is 5.32 Å². The lowest BCUT2D eigenvalue weighted by Crippen LogP contribution is -2.35. The van der Waals surface area contributed by atoms with Gasteiger partial charge in [-0.1, -0.05) is 6.92 Å². The second-order valence-corrected chi connectivity index (χ2v) is 4.21. The van der Waals surface area contributed by atoms with E-state index in [1.54, 1.807) is 18.3 Å². The zero-order valence-corrected chi connectivity index (χ0v) is 9.17. The Labute approximate surface area is 87.8 Å². The predicted molar refractivity (Wildman–Crippen MR) is 57.4 cm³/mol. The zero-order valence-electron chi connectivity index (χ0n) is 8.36. The number of carboxylic acid groups (broad SMARTS) is 1. The molecule has 0 aliphatic heterocycles. The molecule has 2 N–H and O–H groups in total. The van der Waals surface area contributed by atoms with Gasteiger partial charge in [0.2, 0.25) is 0 Å². The molecular weight excluding hydrogens is 198 g/mol. The Morgan fingerprint density at radius 2 is 2.36 bits per heavy atom. The van der Waals surface area contributed by atoms with Gasteiger partial charge >= 0.3 is 5.97 Å². The fourth-order valence-corrected chi connectivity index (χ4v) is 1.73. The number of hydrogen-bond donors (Lipinski definition) is 2. The largest absolute Gasteiger partial charge is 0.481 e. The fourth-order valence-electron chi connectivity index (χ4n) is 1.06. The van der Waals surface area contributed by atoms with E-state index < -0.39 is 5.97 Å². The molecule has 1 heterocycles. The summed E-state index contributed by atoms with van der Waals surface area (Å²) in [4.78, 5) is 10.7. The first-order chi connectivity index (χ1) is 6.61. The maximum atomic E-state index is 10.7. The highest BCUT2D eigenvalue weighted by Gasteiger charge is 2.18. The molecule has 0 aromatic carbocycles. The van der Waals surface area contributed by atoms with Crippen molar-refractivity contribution in [3.05, 3.63) is 22.4 Å². The van der Waals surface area contributed by atoms with Crippen LogP contribution in [0, 0.1) is 5.92 Å². The third-order valence-electron chi connectivity index (χ3n) is 2.35. The molecule has 0 radical (unpaired) electrons. The molecule has 0 fully saturated rings. The van der Waals surface area contributed by atoms with Gasteiger partial charge in [-0.05, 0) is 29.3 Å². The molecule has 0 saturated carbocycles. The number of carboxylic acids is 1. The van der Waals surface area contributed by atoms with Gasteiger partial charge in [0.05, 0.1) is 5.92 Å². The van der Waals surface area contributed by atoms with Crippen molar-refractivity contribution in [2.24, 2.45) is 5.92 Å². The minimum absolute atomic E-state index is 0.00704. The van der Waals surface area contributed by atoms with Gasteiger partial charge in [-0.3, -0.25) is 4.79 Å². The topological polar surface area (TPSA) is 49.3 Å². The second kappa shape index (κ2) is 5.12. The zero-order chi connectivity index (χ0) is 10.6. The summed E-state index contributed by atoms with van der Waals surface area (Å²) in [6, 6.07) is 2.03. The standard InChI is InChI=1S/C10H15NO2S/c1-7(10(12)13)8(2)11-5-9-3-4-14-6-9/h3-4,6-8,11H,5H2,1-2H3,(H,12,13). The molecule has 4 heteroatoms. The fraction of sp³-hybridized carbons (Fsp3) is 0.500. The SMILES string of the molecule is CC(NCc1ccsc1)C(C)C(=O)O. The molecular formula is C10H15NO2S. The van der Waals surface area contributed by atoms with Crippen LogP contribution in [0.1, 0.15) is 19.4 Å². The van der Waals surface area contributed by atoms with Crippen LogP contribution in [0.4, 0.5) is 0 Å². The van der Waals surface area contributed by atoms with Gasteiger partial charge in [-0.2, -0.15) is 11.3 Å². The summed E-state index contributed by atoms with van der Waals surface area (Å²) in [5.41, 5.74) is 1.21. The molecule has 0 bridgehead atoms. The van der Waals surface area contributed by atoms with Crippen LogP contribution in [0.2, 0.25) is 0 Å². The van der Waals surface area contributed by atoms with Crippen LogP contribution in [0.15, 0.2) is 16.8 Å². The lowest BCUT2D eigenvalue weighted by atomic mass is 10.0. The molecule has 0 amide bonds. The summed E-state index contributed by atoms with van der Waals surface area (Å²) in [6.45, 7) is 4.35. The van der Waals surface area contributed by atoms with Gasteiger partial charge in [-0.15, -0.1) is 0 Å². The molecule has 1 rings (SSSR count). The van der Waals surface area contributed by atoms with Crippen molar-refractivity contribution >= 4 is 17.3 Å². The molecule has 0 saturated heterocycles. The predicted octanol–water partition coefficient (Wildman–Crippen LogP) is 1.95. The van der Waals surface area contributed by atoms with Crippen LogP contribution in [-0.4, -0.2) is 17.1 Å². The van der Waals surface area contributed by atoms with Crippen LogP contribution in [0.25, 0.3) is 0 Å². The van der Waals surface area contributed by atoms with E-state index in [0.717, 1.165) is 6.54 Å². The highest BCUT2D eigenvalue weighted by Crippen LogP contribution is 2.07. The summed E-state index contributed by atoms with van der Waals surface area (Å²) >= 11 is 1.65. The number of carbonyl (C=O) groups is 1. The Kier molecular flexibility index (Phi) is 4.10. The normalized spacial score (nSPS) is 15.0. The summed E-state index contributed by atoms with van der Waals surface area (Å²) in [7, 11) is 0. The second-order valence-electron chi connectivity index (χ2n) is 3.43. The smallest absolute Gasteiger partial charge is 0.307 e. The van der Waals surface area contributed by atoms with Crippen molar-refractivity contribution in [1.29, 1.82) is 0 Å². The van der Waals surface area contributed by atoms with Gasteiger partial charge in [0.15, 0.2) is 0 Å². The lowest BCUT2D eigenvalue weighted by molar-refractivity contribution is -0.141. The summed E-state index contributed by atoms with van der Waals surface area (Å²) in [6.07, 6.45) is 0. The summed E-state index contributed by atoms with van der Waals surface area (Å²) < 4.78 is 0. The average Bonchev–Trinajstić information content (AvgIpc) is 2.65. The van der Waals surface area contributed by atoms with E-state index in [1.807, 2.05) is 18.4 Å². The maximum Gasteiger partial charge on any atom is 0.307 e. The molecule has 2 unspecified atom stereocenters. The van der Waals surface area contributed by atoms with E-state index >= 15 is 0 Å². The van der Waals surface area contributed by atoms with Gasteiger partial charge in [0.25, 0.3) is 0 Å². The molecule has 2 atom stereocenters. The quantitative estimate of drug-likeness (QED) is 0.786. The lowest BCUT2D eigenvalue weighted by Gasteiger charge is -2.17. The molecule has 0 aliphatic carbocycles. The van der Waals surface area contributed by atoms with Crippen molar-refractivity contribution < 1.29 is 9.90 Å². The van der Waals surface area contributed by atoms with Gasteiger partial charge < -0.3 is 10.4 Å². The average molecular weight is 213 g/mol. The van der Waals surface area contributed by atoms with E-state index in [0.29, 0.717) is 0 Å². The van der Waals surface area contributed by atoms with E-state index in [4.69, 9.17) is 5.11 Å². The van der Waals surface area contributed by atoms with E-state index in [-0.39, 0.29) is 12.0 Å². The maximum absolute atomic E-state index is 10.7. The molecule has 0 spiro atoms. The van der Waals surface area contributed by atoms with Crippen molar-refractivity contribution in [3.8, 4) is 0 Å². The van der Waals surface area contributed by atoms with Crippen molar-refractivity contribution in [2.45, 2.75) is 26.4 Å². The Balaban J connectivity index is 2.34. The van der Waals surface area contributed by atoms with Gasteiger partial charge in [-0.25, -0.2) is 0 Å². The third kappa shape index (κ3) is 3.12. The Morgan fingerprint density at radius 3 is 2.86 bits per heavy atom. The van der Waals surface area contributed by atoms with Gasteiger partial charge in [0.1, 0.15) is 0 Å². The van der Waals surface area contributed by atoms with E-state index in [9.17, 15) is 4.79 Å². The highest BCUT2D eigenvalue weighted by atomic mass is 32.1. The number of aliphatic carboxylic acids is 1. The summed E-state index contributed by atoms with van der Waals surface area (Å²) in [5.74, 6) is -1.11. The highest BCUT2D eigenvalue weighted by molar-refractivity contribution is 7.07. The minimum Gasteiger partial charge on any atom is -0.481 e. The third-order valence-corrected chi connectivity index (χ3v) is 3.08. The number of thiophene rings is 1. The molecule has 0 aliphatic rings. The number of nitrogens with one attached hydrogen (secondary N) is 1. The van der Waals surface area contributed by atoms with E-state index in [2.05, 4.69) is 10.7 Å². The van der Waals surface area contributed by atoms with Crippen LogP contribution in [0.3, 0.4) is 0 Å². The Morgan fingerprint density at radius 1 is 1.64 bits per heavy atom. The molecule has 1 aromatic heterocycles. The van der Waals surface area contributed by atoms with Crippen LogP contribution in [0.5, 0.6) is 0 Å². The van der Waals surface area contributed by atoms with E-state index in [1.165, 1.54) is 5.56 Å². The number of hydrogen-bond acceptors (Lipinski definition) is 3. The number of rotatable bonds is 5. The Bertz CT molecular complexity index is 284. The molecule has 3 nitrogen and oxygen atoms in total. The van der Waals surface area contributed by atoms with Crippen LogP contribution in [-0.2, 0) is 11.3 Å². The van der Waals surface area contributed by atoms with Crippen LogP contribution >= 0.6 is 11.3 Å². The first kappa shape index (κ1) is 11.2. The van der Waals surface area contributed by atoms with Crippen molar-refractivity contribution in [3.63, 3.8) is 0 Å². The first-order valence-electron chi connectivity index (χ1n) is 4.58. The minimum atomic E-state index is -0.754.